The molecule has 8 nitrogen and oxygen atoms in total. The number of aryl methyl sites for hydroxylation is 1. The lowest BCUT2D eigenvalue weighted by molar-refractivity contribution is 0.103. The highest BCUT2D eigenvalue weighted by molar-refractivity contribution is 7.88. The van der Waals surface area contributed by atoms with Crippen molar-refractivity contribution in [2.75, 3.05) is 0 Å². The molecule has 3 heterocycles. The summed E-state index contributed by atoms with van der Waals surface area (Å²) >= 11 is 0. The molecule has 0 aliphatic heterocycles. The summed E-state index contributed by atoms with van der Waals surface area (Å²) in [6, 6.07) is 10.7. The van der Waals surface area contributed by atoms with E-state index in [1.807, 2.05) is 6.20 Å². The third-order valence-corrected chi connectivity index (χ3v) is 6.53. The summed E-state index contributed by atoms with van der Waals surface area (Å²) in [5.74, 6) is -1.30. The maximum atomic E-state index is 13.7. The molecule has 0 radical (unpaired) electrons. The van der Waals surface area contributed by atoms with Gasteiger partial charge >= 0.3 is 0 Å². The van der Waals surface area contributed by atoms with E-state index in [4.69, 9.17) is 0 Å². The standard InChI is InChI=1S/C25H22FN5O3S/c1-3-23-21(11-19(12-28-23)20-13-29-31(2)15-20)25(32)18-7-4-6-17(10-18)16-35(33,34)30-14-24-22(26)8-5-9-27-24/h3-13,15,30H,1,14,16H2,2H3. The van der Waals surface area contributed by atoms with Crippen LogP contribution < -0.4 is 4.72 Å². The van der Waals surface area contributed by atoms with Crippen LogP contribution in [0.4, 0.5) is 4.39 Å². The fraction of sp³-hybridized carbons (Fsp3) is 0.120. The first-order valence-corrected chi connectivity index (χ1v) is 12.2. The molecule has 0 saturated heterocycles. The van der Waals surface area contributed by atoms with Crippen molar-refractivity contribution in [3.63, 3.8) is 0 Å². The van der Waals surface area contributed by atoms with E-state index in [9.17, 15) is 17.6 Å². The molecule has 0 atom stereocenters. The summed E-state index contributed by atoms with van der Waals surface area (Å²) in [5.41, 5.74) is 2.99. The number of carbonyl (C=O) groups excluding carboxylic acids is 1. The van der Waals surface area contributed by atoms with Crippen LogP contribution in [0.5, 0.6) is 0 Å². The number of halogens is 1. The zero-order chi connectivity index (χ0) is 25.0. The van der Waals surface area contributed by atoms with Crippen LogP contribution in [-0.2, 0) is 29.4 Å². The molecule has 0 amide bonds. The molecule has 0 fully saturated rings. The first-order chi connectivity index (χ1) is 16.8. The number of benzene rings is 1. The average molecular weight is 492 g/mol. The maximum absolute atomic E-state index is 13.7. The van der Waals surface area contributed by atoms with E-state index in [2.05, 4.69) is 26.4 Å². The molecule has 1 N–H and O–H groups in total. The molecular weight excluding hydrogens is 469 g/mol. The Morgan fingerprint density at radius 3 is 2.69 bits per heavy atom. The maximum Gasteiger partial charge on any atom is 0.216 e. The molecule has 4 aromatic rings. The number of ketones is 1. The van der Waals surface area contributed by atoms with Gasteiger partial charge in [0.25, 0.3) is 0 Å². The van der Waals surface area contributed by atoms with Crippen LogP contribution in [0.2, 0.25) is 0 Å². The van der Waals surface area contributed by atoms with Gasteiger partial charge in [-0.05, 0) is 35.9 Å². The average Bonchev–Trinajstić information content (AvgIpc) is 3.29. The Balaban J connectivity index is 1.56. The highest BCUT2D eigenvalue weighted by Crippen LogP contribution is 2.23. The predicted octanol–water partition coefficient (Wildman–Crippen LogP) is 3.51. The van der Waals surface area contributed by atoms with Gasteiger partial charge in [0.2, 0.25) is 10.0 Å². The molecule has 10 heteroatoms. The number of nitrogens with one attached hydrogen (secondary N) is 1. The molecule has 0 aliphatic rings. The van der Waals surface area contributed by atoms with Crippen LogP contribution in [0.25, 0.3) is 17.2 Å². The van der Waals surface area contributed by atoms with Crippen LogP contribution in [0, 0.1) is 5.82 Å². The van der Waals surface area contributed by atoms with Gasteiger partial charge in [-0.2, -0.15) is 5.10 Å². The summed E-state index contributed by atoms with van der Waals surface area (Å²) in [6.07, 6.45) is 8.01. The fourth-order valence-corrected chi connectivity index (χ4v) is 4.58. The number of rotatable bonds is 9. The minimum absolute atomic E-state index is 0.00189. The molecule has 1 aromatic carbocycles. The number of nitrogens with zero attached hydrogens (tertiary/aromatic N) is 4. The first-order valence-electron chi connectivity index (χ1n) is 10.6. The monoisotopic (exact) mass is 491 g/mol. The van der Waals surface area contributed by atoms with E-state index in [1.165, 1.54) is 30.5 Å². The molecule has 0 bridgehead atoms. The summed E-state index contributed by atoms with van der Waals surface area (Å²) in [5, 5.41) is 4.15. The van der Waals surface area contributed by atoms with Gasteiger partial charge in [0, 0.05) is 47.9 Å². The lowest BCUT2D eigenvalue weighted by Crippen LogP contribution is -2.25. The van der Waals surface area contributed by atoms with Crippen molar-refractivity contribution >= 4 is 21.9 Å². The zero-order valence-corrected chi connectivity index (χ0v) is 19.7. The van der Waals surface area contributed by atoms with E-state index >= 15 is 0 Å². The van der Waals surface area contributed by atoms with Crippen molar-refractivity contribution in [2.45, 2.75) is 12.3 Å². The minimum atomic E-state index is -3.82. The number of carbonyl (C=O) groups is 1. The molecule has 0 spiro atoms. The smallest absolute Gasteiger partial charge is 0.216 e. The lowest BCUT2D eigenvalue weighted by Gasteiger charge is -2.10. The van der Waals surface area contributed by atoms with Gasteiger partial charge in [-0.15, -0.1) is 0 Å². The fourth-order valence-electron chi connectivity index (χ4n) is 3.50. The van der Waals surface area contributed by atoms with Crippen LogP contribution in [-0.4, -0.2) is 33.9 Å². The number of hydrogen-bond donors (Lipinski definition) is 1. The van der Waals surface area contributed by atoms with Crippen LogP contribution in [0.3, 0.4) is 0 Å². The summed E-state index contributed by atoms with van der Waals surface area (Å²) < 4.78 is 42.9. The molecule has 4 rings (SSSR count). The molecule has 178 valence electrons. The number of hydrogen-bond acceptors (Lipinski definition) is 6. The normalized spacial score (nSPS) is 11.4. The van der Waals surface area contributed by atoms with E-state index in [-0.39, 0.29) is 23.8 Å². The molecule has 0 aliphatic carbocycles. The van der Waals surface area contributed by atoms with E-state index < -0.39 is 15.8 Å². The van der Waals surface area contributed by atoms with Gasteiger partial charge in [-0.1, -0.05) is 24.8 Å². The Kier molecular flexibility index (Phi) is 6.94. The quantitative estimate of drug-likeness (QED) is 0.359. The first kappa shape index (κ1) is 24.1. The lowest BCUT2D eigenvalue weighted by atomic mass is 9.98. The van der Waals surface area contributed by atoms with E-state index in [0.717, 1.165) is 11.1 Å². The SMILES string of the molecule is C=Cc1ncc(-c2cnn(C)c2)cc1C(=O)c1cccc(CS(=O)(=O)NCc2ncccc2F)c1. The minimum Gasteiger partial charge on any atom is -0.289 e. The Morgan fingerprint density at radius 2 is 1.97 bits per heavy atom. The third-order valence-electron chi connectivity index (χ3n) is 5.23. The van der Waals surface area contributed by atoms with Crippen molar-refractivity contribution in [1.82, 2.24) is 24.5 Å². The molecule has 35 heavy (non-hydrogen) atoms. The molecule has 3 aromatic heterocycles. The van der Waals surface area contributed by atoms with Crippen molar-refractivity contribution in [1.29, 1.82) is 0 Å². The summed E-state index contributed by atoms with van der Waals surface area (Å²) in [6.45, 7) is 3.47. The Labute approximate surface area is 202 Å². The second kappa shape index (κ2) is 10.1. The zero-order valence-electron chi connectivity index (χ0n) is 18.8. The summed E-state index contributed by atoms with van der Waals surface area (Å²) in [4.78, 5) is 21.6. The largest absolute Gasteiger partial charge is 0.289 e. The second-order valence-corrected chi connectivity index (χ2v) is 9.61. The van der Waals surface area contributed by atoms with Crippen molar-refractivity contribution < 1.29 is 17.6 Å². The van der Waals surface area contributed by atoms with E-state index in [0.29, 0.717) is 22.4 Å². The number of sulfonamides is 1. The number of pyridine rings is 2. The van der Waals surface area contributed by atoms with Crippen LogP contribution in [0.15, 0.2) is 73.8 Å². The highest BCUT2D eigenvalue weighted by atomic mass is 32.2. The highest BCUT2D eigenvalue weighted by Gasteiger charge is 2.18. The molecular formula is C25H22FN5O3S. The number of aromatic nitrogens is 4. The van der Waals surface area contributed by atoms with E-state index in [1.54, 1.807) is 48.4 Å². The van der Waals surface area contributed by atoms with Crippen molar-refractivity contribution in [3.8, 4) is 11.1 Å². The van der Waals surface area contributed by atoms with Gasteiger partial charge < -0.3 is 0 Å². The topological polar surface area (TPSA) is 107 Å². The van der Waals surface area contributed by atoms with Gasteiger partial charge in [0.05, 0.1) is 29.9 Å². The Hall–Kier alpha value is -4.02. The van der Waals surface area contributed by atoms with Gasteiger partial charge in [-0.25, -0.2) is 17.5 Å². The van der Waals surface area contributed by atoms with Crippen LogP contribution in [0.1, 0.15) is 32.9 Å². The third kappa shape index (κ3) is 5.73. The Bertz CT molecular complexity index is 1520. The van der Waals surface area contributed by atoms with Gasteiger partial charge in [-0.3, -0.25) is 19.4 Å². The second-order valence-electron chi connectivity index (χ2n) is 7.81. The summed E-state index contributed by atoms with van der Waals surface area (Å²) in [7, 11) is -2.02. The molecule has 0 unspecified atom stereocenters. The molecule has 0 saturated carbocycles. The van der Waals surface area contributed by atoms with Crippen LogP contribution >= 0.6 is 0 Å². The van der Waals surface area contributed by atoms with Crippen molar-refractivity contribution in [2.24, 2.45) is 7.05 Å². The van der Waals surface area contributed by atoms with Gasteiger partial charge in [0.15, 0.2) is 5.78 Å². The van der Waals surface area contributed by atoms with Gasteiger partial charge in [0.1, 0.15) is 5.82 Å². The predicted molar refractivity (Wildman–Crippen MR) is 130 cm³/mol. The van der Waals surface area contributed by atoms with Crippen molar-refractivity contribution in [3.05, 3.63) is 108 Å². The Morgan fingerprint density at radius 1 is 1.14 bits per heavy atom.